The summed E-state index contributed by atoms with van der Waals surface area (Å²) in [5.74, 6) is -0.787. The van der Waals surface area contributed by atoms with Gasteiger partial charge in [-0.05, 0) is 39.0 Å². The van der Waals surface area contributed by atoms with Crippen LogP contribution in [0.2, 0.25) is 0 Å². The van der Waals surface area contributed by atoms with Crippen LogP contribution in [0.15, 0.2) is 0 Å². The standard InChI is InChI=1S/C16H29N7O4S/c1-16(6-7-16)18-28(26,27)10-4-5-12-11(8-10)14(24)23(15(25)21(12)2)9-13-17-19-20-22(13)3/h10-13,17-20H,4-9H2,1-3H3. The monoisotopic (exact) mass is 415 g/mol. The smallest absolute Gasteiger partial charge is 0.324 e. The molecule has 3 amide bonds. The molecule has 0 aromatic rings. The maximum absolute atomic E-state index is 13.2. The van der Waals surface area contributed by atoms with Gasteiger partial charge in [0.2, 0.25) is 15.9 Å². The second-order valence-electron chi connectivity index (χ2n) is 8.67. The Bertz CT molecular complexity index is 771. The second-order valence-corrected chi connectivity index (χ2v) is 10.6. The molecule has 4 rings (SSSR count). The number of fused-ring (bicyclic) bond motifs is 1. The van der Waals surface area contributed by atoms with Crippen molar-refractivity contribution in [2.24, 2.45) is 5.92 Å². The van der Waals surface area contributed by atoms with Crippen molar-refractivity contribution in [3.63, 3.8) is 0 Å². The van der Waals surface area contributed by atoms with Gasteiger partial charge in [-0.15, -0.1) is 0 Å². The molecule has 12 heteroatoms. The van der Waals surface area contributed by atoms with E-state index in [9.17, 15) is 18.0 Å². The third-order valence-electron chi connectivity index (χ3n) is 6.50. The van der Waals surface area contributed by atoms with Gasteiger partial charge in [-0.3, -0.25) is 9.69 Å². The van der Waals surface area contributed by atoms with Crippen molar-refractivity contribution in [1.29, 1.82) is 0 Å². The molecule has 0 radical (unpaired) electrons. The molecule has 2 saturated carbocycles. The first-order valence-electron chi connectivity index (χ1n) is 9.71. The molecule has 11 nitrogen and oxygen atoms in total. The zero-order valence-electron chi connectivity index (χ0n) is 16.4. The molecule has 0 bridgehead atoms. The molecule has 4 atom stereocenters. The largest absolute Gasteiger partial charge is 0.326 e. The predicted molar refractivity (Wildman–Crippen MR) is 100 cm³/mol. The number of likely N-dealkylation sites (N-methyl/N-ethyl adjacent to an activating group) is 1. The summed E-state index contributed by atoms with van der Waals surface area (Å²) in [7, 11) is -0.0143. The predicted octanol–water partition coefficient (Wildman–Crippen LogP) is -1.33. The third-order valence-corrected chi connectivity index (χ3v) is 8.58. The number of sulfonamides is 1. The van der Waals surface area contributed by atoms with Crippen molar-refractivity contribution in [3.8, 4) is 0 Å². The van der Waals surface area contributed by atoms with E-state index in [0.717, 1.165) is 12.8 Å². The van der Waals surface area contributed by atoms with E-state index in [1.54, 1.807) is 24.0 Å². The first-order valence-corrected chi connectivity index (χ1v) is 11.3. The number of amides is 3. The lowest BCUT2D eigenvalue weighted by atomic mass is 9.81. The van der Waals surface area contributed by atoms with Gasteiger partial charge in [0.05, 0.1) is 17.7 Å². The van der Waals surface area contributed by atoms with Gasteiger partial charge in [-0.25, -0.2) is 28.4 Å². The average molecular weight is 416 g/mol. The van der Waals surface area contributed by atoms with Crippen LogP contribution in [0.25, 0.3) is 0 Å². The molecule has 0 spiro atoms. The quantitative estimate of drug-likeness (QED) is 0.435. The summed E-state index contributed by atoms with van der Waals surface area (Å²) in [5.41, 5.74) is 8.18. The number of imide groups is 1. The first kappa shape index (κ1) is 20.0. The molecule has 158 valence electrons. The van der Waals surface area contributed by atoms with Gasteiger partial charge < -0.3 is 4.90 Å². The van der Waals surface area contributed by atoms with E-state index < -0.39 is 21.2 Å². The minimum Gasteiger partial charge on any atom is -0.324 e. The maximum atomic E-state index is 13.2. The van der Waals surface area contributed by atoms with Crippen LogP contribution in [-0.4, -0.2) is 78.8 Å². The molecule has 4 fully saturated rings. The fourth-order valence-electron chi connectivity index (χ4n) is 4.36. The van der Waals surface area contributed by atoms with Gasteiger partial charge >= 0.3 is 6.03 Å². The van der Waals surface area contributed by atoms with Crippen molar-refractivity contribution < 1.29 is 18.0 Å². The second kappa shape index (κ2) is 6.89. The zero-order chi connectivity index (χ0) is 20.3. The normalized spacial score (nSPS) is 36.0. The van der Waals surface area contributed by atoms with Crippen LogP contribution < -0.4 is 21.2 Å². The highest BCUT2D eigenvalue weighted by atomic mass is 32.2. The number of carbonyl (C=O) groups excluding carboxylic acids is 2. The Kier molecular flexibility index (Phi) is 4.91. The van der Waals surface area contributed by atoms with E-state index >= 15 is 0 Å². The molecule has 4 aliphatic rings. The Labute approximate surface area is 165 Å². The molecule has 2 saturated heterocycles. The zero-order valence-corrected chi connectivity index (χ0v) is 17.3. The van der Waals surface area contributed by atoms with E-state index in [4.69, 9.17) is 0 Å². The average Bonchev–Trinajstić information content (AvgIpc) is 3.22. The number of hydrogen-bond donors (Lipinski definition) is 4. The minimum absolute atomic E-state index is 0.162. The first-order chi connectivity index (χ1) is 13.1. The molecule has 4 N–H and O–H groups in total. The van der Waals surface area contributed by atoms with Crippen molar-refractivity contribution in [2.75, 3.05) is 20.6 Å². The van der Waals surface area contributed by atoms with Gasteiger partial charge in [0.1, 0.15) is 6.17 Å². The number of urea groups is 1. The molecule has 2 aliphatic heterocycles. The van der Waals surface area contributed by atoms with Crippen molar-refractivity contribution in [1.82, 2.24) is 36.0 Å². The molecule has 2 aliphatic carbocycles. The van der Waals surface area contributed by atoms with Crippen molar-refractivity contribution >= 4 is 22.0 Å². The Balaban J connectivity index is 1.50. The molecular weight excluding hydrogens is 386 g/mol. The van der Waals surface area contributed by atoms with Crippen molar-refractivity contribution in [2.45, 2.75) is 62.0 Å². The highest BCUT2D eigenvalue weighted by Crippen LogP contribution is 2.39. The van der Waals surface area contributed by atoms with Gasteiger partial charge in [0, 0.05) is 25.7 Å². The lowest BCUT2D eigenvalue weighted by Crippen LogP contribution is -2.65. The van der Waals surface area contributed by atoms with Gasteiger partial charge in [0.25, 0.3) is 0 Å². The molecule has 28 heavy (non-hydrogen) atoms. The third kappa shape index (κ3) is 3.53. The Morgan fingerprint density at radius 3 is 2.54 bits per heavy atom. The molecule has 2 heterocycles. The summed E-state index contributed by atoms with van der Waals surface area (Å²) in [5, 5.41) is 1.12. The van der Waals surface area contributed by atoms with Gasteiger partial charge in [-0.1, -0.05) is 0 Å². The maximum Gasteiger partial charge on any atom is 0.326 e. The van der Waals surface area contributed by atoms with E-state index in [1.165, 1.54) is 4.90 Å². The summed E-state index contributed by atoms with van der Waals surface area (Å²) in [6, 6.07) is -0.581. The summed E-state index contributed by atoms with van der Waals surface area (Å²) in [4.78, 5) is 28.8. The summed E-state index contributed by atoms with van der Waals surface area (Å²) >= 11 is 0. The van der Waals surface area contributed by atoms with Crippen LogP contribution in [0.3, 0.4) is 0 Å². The van der Waals surface area contributed by atoms with Crippen LogP contribution in [0, 0.1) is 5.92 Å². The number of hydrogen-bond acceptors (Lipinski definition) is 8. The fourth-order valence-corrected chi connectivity index (χ4v) is 6.32. The van der Waals surface area contributed by atoms with Crippen LogP contribution in [-0.2, 0) is 14.8 Å². The fraction of sp³-hybridized carbons (Fsp3) is 0.875. The van der Waals surface area contributed by atoms with Gasteiger partial charge in [-0.2, -0.15) is 11.1 Å². The molecular formula is C16H29N7O4S. The summed E-state index contributed by atoms with van der Waals surface area (Å²) < 4.78 is 28.5. The number of nitrogens with one attached hydrogen (secondary N) is 4. The topological polar surface area (TPSA) is 126 Å². The number of carbonyl (C=O) groups is 2. The summed E-state index contributed by atoms with van der Waals surface area (Å²) in [6.45, 7) is 2.07. The van der Waals surface area contributed by atoms with Crippen LogP contribution in [0.5, 0.6) is 0 Å². The van der Waals surface area contributed by atoms with Crippen LogP contribution in [0.4, 0.5) is 4.79 Å². The Hall–Kier alpha value is -1.31. The van der Waals surface area contributed by atoms with Crippen LogP contribution in [0.1, 0.15) is 39.0 Å². The number of rotatable bonds is 5. The number of nitrogens with zero attached hydrogens (tertiary/aromatic N) is 3. The lowest BCUT2D eigenvalue weighted by Gasteiger charge is -2.47. The Morgan fingerprint density at radius 2 is 1.93 bits per heavy atom. The minimum atomic E-state index is -3.50. The lowest BCUT2D eigenvalue weighted by molar-refractivity contribution is -0.140. The van der Waals surface area contributed by atoms with E-state index in [-0.39, 0.29) is 42.7 Å². The molecule has 0 aromatic heterocycles. The summed E-state index contributed by atoms with van der Waals surface area (Å²) in [6.07, 6.45) is 2.63. The van der Waals surface area contributed by atoms with E-state index in [1.807, 2.05) is 6.92 Å². The highest BCUT2D eigenvalue weighted by molar-refractivity contribution is 7.90. The molecule has 4 unspecified atom stereocenters. The number of hydrazine groups is 3. The van der Waals surface area contributed by atoms with E-state index in [0.29, 0.717) is 12.8 Å². The molecule has 0 aromatic carbocycles. The Morgan fingerprint density at radius 1 is 1.21 bits per heavy atom. The van der Waals surface area contributed by atoms with Crippen molar-refractivity contribution in [3.05, 3.63) is 0 Å². The SMILES string of the molecule is CN1NNNC1CN1C(=O)C2CC(S(=O)(=O)NC3(C)CC3)CCC2N(C)C1=O. The highest BCUT2D eigenvalue weighted by Gasteiger charge is 2.51. The van der Waals surface area contributed by atoms with Crippen LogP contribution >= 0.6 is 0 Å². The van der Waals surface area contributed by atoms with Gasteiger partial charge in [0.15, 0.2) is 0 Å². The van der Waals surface area contributed by atoms with E-state index in [2.05, 4.69) is 21.2 Å².